The van der Waals surface area contributed by atoms with Crippen molar-refractivity contribution in [3.8, 4) is 0 Å². The minimum absolute atomic E-state index is 0.749. The van der Waals surface area contributed by atoms with Crippen molar-refractivity contribution >= 4 is 16.6 Å². The molecule has 3 aliphatic rings. The third-order valence-electron chi connectivity index (χ3n) is 6.02. The van der Waals surface area contributed by atoms with Crippen molar-refractivity contribution < 1.29 is 0 Å². The molecule has 0 amide bonds. The van der Waals surface area contributed by atoms with E-state index in [1.165, 1.54) is 18.2 Å². The van der Waals surface area contributed by atoms with Gasteiger partial charge in [-0.2, -0.15) is 0 Å². The van der Waals surface area contributed by atoms with Crippen LogP contribution in [0.4, 0.5) is 5.69 Å². The lowest BCUT2D eigenvalue weighted by Gasteiger charge is -2.32. The number of benzene rings is 1. The highest BCUT2D eigenvalue weighted by Gasteiger charge is 2.36. The minimum Gasteiger partial charge on any atom is -0.383 e. The second-order valence-corrected chi connectivity index (χ2v) is 7.50. The second-order valence-electron chi connectivity index (χ2n) is 7.50. The zero-order valence-electron chi connectivity index (χ0n) is 14.3. The summed E-state index contributed by atoms with van der Waals surface area (Å²) in [5.74, 6) is 2.33. The van der Waals surface area contributed by atoms with E-state index in [4.69, 9.17) is 0 Å². The number of H-pyrrole nitrogens is 1. The Balaban J connectivity index is 1.36. The normalized spacial score (nSPS) is 27.3. The quantitative estimate of drug-likeness (QED) is 0.695. The molecule has 1 fully saturated rings. The number of para-hydroxylation sites is 1. The standard InChI is InChI=1S/C22H23N3/c1-13-14(2)22(25-20-12-23-19-6-4-3-5-18(19)20)21(13)24-11-17-10-15-7-8-16(17)9-15/h3-8,12,15-17,23-25H,1-2,9-11H2. The van der Waals surface area contributed by atoms with E-state index < -0.39 is 0 Å². The molecular weight excluding hydrogens is 306 g/mol. The van der Waals surface area contributed by atoms with Gasteiger partial charge in [-0.3, -0.25) is 0 Å². The molecule has 3 nitrogen and oxygen atoms in total. The molecule has 2 bridgehead atoms. The third kappa shape index (κ3) is 2.26. The number of aromatic amines is 1. The predicted molar refractivity (Wildman–Crippen MR) is 104 cm³/mol. The van der Waals surface area contributed by atoms with E-state index in [-0.39, 0.29) is 0 Å². The van der Waals surface area contributed by atoms with Crippen LogP contribution in [-0.2, 0) is 0 Å². The van der Waals surface area contributed by atoms with Gasteiger partial charge >= 0.3 is 0 Å². The van der Waals surface area contributed by atoms with Crippen molar-refractivity contribution in [1.82, 2.24) is 10.3 Å². The van der Waals surface area contributed by atoms with E-state index in [9.17, 15) is 0 Å². The van der Waals surface area contributed by atoms with Crippen LogP contribution >= 0.6 is 0 Å². The highest BCUT2D eigenvalue weighted by Crippen LogP contribution is 2.44. The first kappa shape index (κ1) is 14.6. The number of anilines is 1. The van der Waals surface area contributed by atoms with Crippen LogP contribution < -0.4 is 10.6 Å². The van der Waals surface area contributed by atoms with E-state index in [1.54, 1.807) is 0 Å². The lowest BCUT2D eigenvalue weighted by atomic mass is 9.87. The van der Waals surface area contributed by atoms with E-state index in [0.29, 0.717) is 0 Å². The summed E-state index contributed by atoms with van der Waals surface area (Å²) in [6, 6.07) is 8.32. The topological polar surface area (TPSA) is 39.9 Å². The number of hydrogen-bond donors (Lipinski definition) is 3. The SMILES string of the molecule is C=C1C(=C)C(Nc2c[nH]c3ccccc23)=C1NCC1CC2C=CC1C2. The molecule has 25 heavy (non-hydrogen) atoms. The van der Waals surface area contributed by atoms with Crippen LogP contribution in [0.25, 0.3) is 10.9 Å². The molecule has 1 saturated carbocycles. The average Bonchev–Trinajstić information content (AvgIpc) is 3.36. The number of allylic oxidation sites excluding steroid dienone is 4. The molecule has 126 valence electrons. The predicted octanol–water partition coefficient (Wildman–Crippen LogP) is 4.72. The molecule has 3 unspecified atom stereocenters. The first-order valence-corrected chi connectivity index (χ1v) is 9.09. The summed E-state index contributed by atoms with van der Waals surface area (Å²) in [7, 11) is 0. The molecule has 1 aromatic carbocycles. The zero-order valence-corrected chi connectivity index (χ0v) is 14.3. The van der Waals surface area contributed by atoms with Crippen molar-refractivity contribution in [2.75, 3.05) is 11.9 Å². The Morgan fingerprint density at radius 2 is 1.88 bits per heavy atom. The summed E-state index contributed by atoms with van der Waals surface area (Å²) in [6.45, 7) is 9.37. The summed E-state index contributed by atoms with van der Waals surface area (Å²) < 4.78 is 0. The fourth-order valence-corrected chi connectivity index (χ4v) is 4.55. The fourth-order valence-electron chi connectivity index (χ4n) is 4.55. The van der Waals surface area contributed by atoms with Gasteiger partial charge in [0.05, 0.1) is 17.1 Å². The van der Waals surface area contributed by atoms with Gasteiger partial charge in [0.1, 0.15) is 0 Å². The Kier molecular flexibility index (Phi) is 3.17. The molecule has 3 heteroatoms. The van der Waals surface area contributed by atoms with Crippen molar-refractivity contribution in [2.45, 2.75) is 12.8 Å². The third-order valence-corrected chi connectivity index (χ3v) is 6.02. The minimum atomic E-state index is 0.749. The highest BCUT2D eigenvalue weighted by atomic mass is 15.0. The molecule has 1 heterocycles. The van der Waals surface area contributed by atoms with Gasteiger partial charge in [-0.1, -0.05) is 43.5 Å². The number of aromatic nitrogens is 1. The van der Waals surface area contributed by atoms with Gasteiger partial charge in [0.2, 0.25) is 0 Å². The van der Waals surface area contributed by atoms with Crippen LogP contribution in [0.5, 0.6) is 0 Å². The van der Waals surface area contributed by atoms with Crippen molar-refractivity contribution in [2.24, 2.45) is 17.8 Å². The van der Waals surface area contributed by atoms with Gasteiger partial charge in [-0.25, -0.2) is 0 Å². The summed E-state index contributed by atoms with van der Waals surface area (Å²) in [6.07, 6.45) is 9.49. The molecule has 5 rings (SSSR count). The summed E-state index contributed by atoms with van der Waals surface area (Å²) >= 11 is 0. The lowest BCUT2D eigenvalue weighted by Crippen LogP contribution is -2.32. The molecule has 0 saturated heterocycles. The average molecular weight is 329 g/mol. The van der Waals surface area contributed by atoms with Crippen LogP contribution in [0.1, 0.15) is 12.8 Å². The number of nitrogens with one attached hydrogen (secondary N) is 3. The largest absolute Gasteiger partial charge is 0.383 e. The molecule has 1 aromatic heterocycles. The molecular formula is C22H23N3. The van der Waals surface area contributed by atoms with E-state index in [1.807, 2.05) is 12.3 Å². The summed E-state index contributed by atoms with van der Waals surface area (Å²) in [4.78, 5) is 3.31. The van der Waals surface area contributed by atoms with Crippen LogP contribution in [0, 0.1) is 17.8 Å². The van der Waals surface area contributed by atoms with E-state index in [2.05, 4.69) is 59.1 Å². The van der Waals surface area contributed by atoms with Crippen molar-refractivity contribution in [3.05, 3.63) is 78.3 Å². The number of fused-ring (bicyclic) bond motifs is 3. The first-order valence-electron chi connectivity index (χ1n) is 9.09. The number of rotatable bonds is 5. The Hall–Kier alpha value is -2.68. The lowest BCUT2D eigenvalue weighted by molar-refractivity contribution is 0.431. The summed E-state index contributed by atoms with van der Waals surface area (Å²) in [5.41, 5.74) is 6.45. The molecule has 0 spiro atoms. The maximum Gasteiger partial charge on any atom is 0.0701 e. The van der Waals surface area contributed by atoms with Gasteiger partial charge in [0, 0.05) is 34.8 Å². The zero-order chi connectivity index (χ0) is 17.0. The van der Waals surface area contributed by atoms with Crippen molar-refractivity contribution in [3.63, 3.8) is 0 Å². The van der Waals surface area contributed by atoms with Crippen molar-refractivity contribution in [1.29, 1.82) is 0 Å². The maximum absolute atomic E-state index is 4.18. The molecule has 0 radical (unpaired) electrons. The summed E-state index contributed by atoms with van der Waals surface area (Å²) in [5, 5.41) is 8.39. The monoisotopic (exact) mass is 329 g/mol. The Labute approximate surface area is 148 Å². The maximum atomic E-state index is 4.18. The van der Waals surface area contributed by atoms with Crippen LogP contribution in [0.2, 0.25) is 0 Å². The Morgan fingerprint density at radius 1 is 1.04 bits per heavy atom. The van der Waals surface area contributed by atoms with Gasteiger partial charge in [0.15, 0.2) is 0 Å². The second kappa shape index (κ2) is 5.41. The molecule has 0 aliphatic heterocycles. The van der Waals surface area contributed by atoms with Gasteiger partial charge < -0.3 is 15.6 Å². The highest BCUT2D eigenvalue weighted by molar-refractivity contribution is 5.94. The van der Waals surface area contributed by atoms with E-state index >= 15 is 0 Å². The van der Waals surface area contributed by atoms with Crippen LogP contribution in [0.15, 0.2) is 78.3 Å². The molecule has 3 N–H and O–H groups in total. The molecule has 3 atom stereocenters. The molecule has 2 aromatic rings. The van der Waals surface area contributed by atoms with E-state index in [0.717, 1.165) is 58.0 Å². The Bertz CT molecular complexity index is 943. The first-order chi connectivity index (χ1) is 12.2. The van der Waals surface area contributed by atoms with Gasteiger partial charge in [-0.15, -0.1) is 0 Å². The van der Waals surface area contributed by atoms with Gasteiger partial charge in [-0.05, 0) is 36.7 Å². The molecule has 3 aliphatic carbocycles. The van der Waals surface area contributed by atoms with Gasteiger partial charge in [0.25, 0.3) is 0 Å². The smallest absolute Gasteiger partial charge is 0.0701 e. The number of hydrogen-bond acceptors (Lipinski definition) is 2. The van der Waals surface area contributed by atoms with Crippen LogP contribution in [0.3, 0.4) is 0 Å². The fraction of sp³-hybridized carbons (Fsp3) is 0.273. The Morgan fingerprint density at radius 3 is 2.68 bits per heavy atom. The van der Waals surface area contributed by atoms with Crippen LogP contribution in [-0.4, -0.2) is 11.5 Å².